The second-order valence-electron chi connectivity index (χ2n) is 7.04. The van der Waals surface area contributed by atoms with Gasteiger partial charge in [-0.2, -0.15) is 0 Å². The van der Waals surface area contributed by atoms with Crippen LogP contribution in [0.2, 0.25) is 15.1 Å². The van der Waals surface area contributed by atoms with Crippen molar-refractivity contribution in [2.45, 2.75) is 26.5 Å². The van der Waals surface area contributed by atoms with Crippen molar-refractivity contribution in [1.29, 1.82) is 0 Å². The standard InChI is InChI=1S/C23H19Cl3N2O3S/c1-3-30-22(29)20-13(2)27-23-28(8-9-32-23)21(20)14-5-7-19(18(26)10-14)31-12-15-4-6-16(24)11-17(15)25/h4-11,21H,3,12H2,1-2H3/t21-/m1/s1. The summed E-state index contributed by atoms with van der Waals surface area (Å²) in [6.07, 6.45) is 1.90. The third-order valence-corrected chi connectivity index (χ3v) is 6.64. The molecule has 5 nitrogen and oxygen atoms in total. The maximum atomic E-state index is 12.8. The predicted octanol–water partition coefficient (Wildman–Crippen LogP) is 6.99. The van der Waals surface area contributed by atoms with Crippen LogP contribution in [0.3, 0.4) is 0 Å². The number of rotatable bonds is 6. The Bertz CT molecular complexity index is 1160. The summed E-state index contributed by atoms with van der Waals surface area (Å²) < 4.78 is 11.2. The molecule has 0 saturated carbocycles. The Balaban J connectivity index is 1.62. The minimum Gasteiger partial charge on any atom is -0.487 e. The highest BCUT2D eigenvalue weighted by atomic mass is 35.5. The Labute approximate surface area is 205 Å². The Kier molecular flexibility index (Phi) is 7.05. The van der Waals surface area contributed by atoms with Gasteiger partial charge in [0.2, 0.25) is 0 Å². The molecule has 9 heteroatoms. The molecule has 166 valence electrons. The fraction of sp³-hybridized carbons (Fsp3) is 0.217. The summed E-state index contributed by atoms with van der Waals surface area (Å²) in [6.45, 7) is 4.12. The number of fused-ring (bicyclic) bond motifs is 1. The van der Waals surface area contributed by atoms with Crippen molar-refractivity contribution < 1.29 is 14.3 Å². The van der Waals surface area contributed by atoms with Gasteiger partial charge in [-0.15, -0.1) is 0 Å². The quantitative estimate of drug-likeness (QED) is 0.393. The van der Waals surface area contributed by atoms with Crippen molar-refractivity contribution in [3.05, 3.63) is 85.5 Å². The Morgan fingerprint density at radius 1 is 1.16 bits per heavy atom. The third kappa shape index (κ3) is 4.64. The molecule has 0 aromatic heterocycles. The lowest BCUT2D eigenvalue weighted by Crippen LogP contribution is -2.34. The molecular formula is C23H19Cl3N2O3S. The van der Waals surface area contributed by atoms with E-state index >= 15 is 0 Å². The number of hydrogen-bond donors (Lipinski definition) is 0. The zero-order valence-corrected chi connectivity index (χ0v) is 20.4. The van der Waals surface area contributed by atoms with Gasteiger partial charge in [0.1, 0.15) is 12.4 Å². The monoisotopic (exact) mass is 508 g/mol. The van der Waals surface area contributed by atoms with Gasteiger partial charge in [-0.1, -0.05) is 58.7 Å². The van der Waals surface area contributed by atoms with Crippen molar-refractivity contribution >= 4 is 57.7 Å². The number of ether oxygens (including phenoxy) is 2. The number of amidine groups is 1. The van der Waals surface area contributed by atoms with Crippen LogP contribution in [0.1, 0.15) is 31.0 Å². The summed E-state index contributed by atoms with van der Waals surface area (Å²) in [5.74, 6) is 0.118. The molecule has 1 atom stereocenters. The summed E-state index contributed by atoms with van der Waals surface area (Å²) in [4.78, 5) is 19.3. The number of benzene rings is 2. The van der Waals surface area contributed by atoms with Crippen molar-refractivity contribution in [2.75, 3.05) is 6.61 Å². The smallest absolute Gasteiger partial charge is 0.338 e. The van der Waals surface area contributed by atoms with Gasteiger partial charge in [0, 0.05) is 21.8 Å². The number of esters is 1. The Hall–Kier alpha value is -2.12. The van der Waals surface area contributed by atoms with Crippen LogP contribution in [0.4, 0.5) is 0 Å². The van der Waals surface area contributed by atoms with Crippen LogP contribution in [0.15, 0.2) is 64.3 Å². The molecule has 0 unspecified atom stereocenters. The van der Waals surface area contributed by atoms with Crippen LogP contribution < -0.4 is 4.74 Å². The second kappa shape index (κ2) is 9.79. The van der Waals surface area contributed by atoms with E-state index in [0.29, 0.717) is 32.1 Å². The SMILES string of the molecule is CCOC(=O)C1=C(C)N=C2SC=CN2[C@@H]1c1ccc(OCc2ccc(Cl)cc2Cl)c(Cl)c1. The van der Waals surface area contributed by atoms with Crippen LogP contribution in [0, 0.1) is 0 Å². The van der Waals surface area contributed by atoms with E-state index in [1.165, 1.54) is 11.8 Å². The molecule has 2 aromatic rings. The highest BCUT2D eigenvalue weighted by Gasteiger charge is 2.37. The van der Waals surface area contributed by atoms with Crippen LogP contribution in [0.5, 0.6) is 5.75 Å². The van der Waals surface area contributed by atoms with E-state index in [0.717, 1.165) is 16.3 Å². The molecule has 2 aromatic carbocycles. The number of aliphatic imine (C=N–C) groups is 1. The summed E-state index contributed by atoms with van der Waals surface area (Å²) in [6, 6.07) is 10.3. The highest BCUT2D eigenvalue weighted by Crippen LogP contribution is 2.42. The van der Waals surface area contributed by atoms with Crippen molar-refractivity contribution in [2.24, 2.45) is 4.99 Å². The minimum atomic E-state index is -0.398. The van der Waals surface area contributed by atoms with Gasteiger partial charge in [-0.05, 0) is 49.1 Å². The van der Waals surface area contributed by atoms with Crippen LogP contribution in [0.25, 0.3) is 0 Å². The van der Waals surface area contributed by atoms with E-state index in [9.17, 15) is 4.79 Å². The number of carbonyl (C=O) groups is 1. The topological polar surface area (TPSA) is 51.1 Å². The lowest BCUT2D eigenvalue weighted by atomic mass is 9.94. The number of nitrogens with zero attached hydrogens (tertiary/aromatic N) is 2. The van der Waals surface area contributed by atoms with Gasteiger partial charge < -0.3 is 14.4 Å². The molecule has 32 heavy (non-hydrogen) atoms. The van der Waals surface area contributed by atoms with Gasteiger partial charge in [-0.3, -0.25) is 0 Å². The van der Waals surface area contributed by atoms with E-state index in [4.69, 9.17) is 44.3 Å². The molecule has 2 aliphatic rings. The zero-order chi connectivity index (χ0) is 22.8. The van der Waals surface area contributed by atoms with E-state index in [-0.39, 0.29) is 13.2 Å². The molecule has 0 amide bonds. The van der Waals surface area contributed by atoms with E-state index in [2.05, 4.69) is 4.99 Å². The first kappa shape index (κ1) is 23.1. The first-order valence-corrected chi connectivity index (χ1v) is 11.8. The number of thioether (sulfide) groups is 1. The number of halogens is 3. The molecule has 4 rings (SSSR count). The van der Waals surface area contributed by atoms with Crippen molar-refractivity contribution in [1.82, 2.24) is 4.90 Å². The summed E-state index contributed by atoms with van der Waals surface area (Å²) in [7, 11) is 0. The first-order valence-electron chi connectivity index (χ1n) is 9.83. The van der Waals surface area contributed by atoms with Gasteiger partial charge in [0.25, 0.3) is 0 Å². The lowest BCUT2D eigenvalue weighted by molar-refractivity contribution is -0.139. The molecule has 0 bridgehead atoms. The summed E-state index contributed by atoms with van der Waals surface area (Å²) in [5, 5.41) is 4.24. The van der Waals surface area contributed by atoms with Crippen LogP contribution >= 0.6 is 46.6 Å². The fourth-order valence-electron chi connectivity index (χ4n) is 3.50. The molecule has 2 aliphatic heterocycles. The van der Waals surface area contributed by atoms with Crippen LogP contribution in [-0.2, 0) is 16.1 Å². The molecule has 0 saturated heterocycles. The van der Waals surface area contributed by atoms with Crippen LogP contribution in [-0.4, -0.2) is 22.6 Å². The van der Waals surface area contributed by atoms with Crippen molar-refractivity contribution in [3.8, 4) is 5.75 Å². The van der Waals surface area contributed by atoms with Crippen molar-refractivity contribution in [3.63, 3.8) is 0 Å². The lowest BCUT2D eigenvalue weighted by Gasteiger charge is -2.33. The number of carbonyl (C=O) groups excluding carboxylic acids is 1. The third-order valence-electron chi connectivity index (χ3n) is 4.99. The molecule has 0 N–H and O–H groups in total. The molecule has 0 aliphatic carbocycles. The average molecular weight is 510 g/mol. The molecule has 0 fully saturated rings. The maximum absolute atomic E-state index is 12.8. The van der Waals surface area contributed by atoms with Gasteiger partial charge in [-0.25, -0.2) is 9.79 Å². The van der Waals surface area contributed by atoms with E-state index in [1.54, 1.807) is 31.2 Å². The fourth-order valence-corrected chi connectivity index (χ4v) is 4.99. The highest BCUT2D eigenvalue weighted by molar-refractivity contribution is 8.16. The van der Waals surface area contributed by atoms with E-state index in [1.807, 2.05) is 35.6 Å². The zero-order valence-electron chi connectivity index (χ0n) is 17.3. The normalized spacial score (nSPS) is 17.3. The molecule has 0 spiro atoms. The Morgan fingerprint density at radius 3 is 2.69 bits per heavy atom. The van der Waals surface area contributed by atoms with E-state index < -0.39 is 12.0 Å². The largest absolute Gasteiger partial charge is 0.487 e. The maximum Gasteiger partial charge on any atom is 0.338 e. The summed E-state index contributed by atoms with van der Waals surface area (Å²) in [5.41, 5.74) is 2.74. The molecule has 0 radical (unpaired) electrons. The number of hydrogen-bond acceptors (Lipinski definition) is 6. The second-order valence-corrected chi connectivity index (χ2v) is 9.16. The van der Waals surface area contributed by atoms with Gasteiger partial charge in [0.05, 0.1) is 28.9 Å². The summed E-state index contributed by atoms with van der Waals surface area (Å²) >= 11 is 20.2. The first-order chi connectivity index (χ1) is 15.4. The van der Waals surface area contributed by atoms with Gasteiger partial charge in [0.15, 0.2) is 5.17 Å². The minimum absolute atomic E-state index is 0.244. The predicted molar refractivity (Wildman–Crippen MR) is 130 cm³/mol. The van der Waals surface area contributed by atoms with Gasteiger partial charge >= 0.3 is 5.97 Å². The Morgan fingerprint density at radius 2 is 1.97 bits per heavy atom. The average Bonchev–Trinajstić information content (AvgIpc) is 3.21. The molecular weight excluding hydrogens is 491 g/mol. The number of allylic oxidation sites excluding steroid dienone is 1. The molecule has 2 heterocycles.